The van der Waals surface area contributed by atoms with Crippen LogP contribution in [0.4, 0.5) is 18.9 Å². The molecule has 1 amide bonds. The molecule has 1 aliphatic rings. The Hall–Kier alpha value is -3.33. The fourth-order valence-corrected chi connectivity index (χ4v) is 3.12. The van der Waals surface area contributed by atoms with Crippen molar-refractivity contribution in [2.45, 2.75) is 18.8 Å². The highest BCUT2D eigenvalue weighted by atomic mass is 19.4. The van der Waals surface area contributed by atoms with Gasteiger partial charge in [-0.05, 0) is 49.4 Å². The number of carbonyl (C=O) groups excluding carboxylic acids is 1. The highest BCUT2D eigenvalue weighted by molar-refractivity contribution is 6.08. The Morgan fingerprint density at radius 2 is 1.90 bits per heavy atom. The summed E-state index contributed by atoms with van der Waals surface area (Å²) in [5.74, 6) is -0.641. The molecule has 0 radical (unpaired) electrons. The summed E-state index contributed by atoms with van der Waals surface area (Å²) in [6.45, 7) is 1.99. The van der Waals surface area contributed by atoms with Crippen molar-refractivity contribution in [2.24, 2.45) is 5.73 Å². The van der Waals surface area contributed by atoms with Crippen LogP contribution in [0.15, 0.2) is 60.8 Å². The summed E-state index contributed by atoms with van der Waals surface area (Å²) >= 11 is 0. The maximum absolute atomic E-state index is 11.5. The van der Waals surface area contributed by atoms with E-state index in [0.717, 1.165) is 30.6 Å². The van der Waals surface area contributed by atoms with E-state index in [1.54, 1.807) is 18.3 Å². The predicted molar refractivity (Wildman–Crippen MR) is 108 cm³/mol. The van der Waals surface area contributed by atoms with Crippen LogP contribution < -0.4 is 21.1 Å². The third-order valence-corrected chi connectivity index (χ3v) is 4.43. The second-order valence-corrected chi connectivity index (χ2v) is 6.62. The molecule has 1 saturated heterocycles. The van der Waals surface area contributed by atoms with E-state index in [4.69, 9.17) is 5.73 Å². The van der Waals surface area contributed by atoms with E-state index < -0.39 is 12.3 Å². The lowest BCUT2D eigenvalue weighted by atomic mass is 10.1. The molecule has 30 heavy (non-hydrogen) atoms. The van der Waals surface area contributed by atoms with E-state index in [-0.39, 0.29) is 5.75 Å². The number of benzene rings is 2. The van der Waals surface area contributed by atoms with Crippen LogP contribution in [0.2, 0.25) is 0 Å². The zero-order valence-electron chi connectivity index (χ0n) is 15.9. The van der Waals surface area contributed by atoms with Crippen LogP contribution in [-0.4, -0.2) is 36.4 Å². The Labute approximate surface area is 171 Å². The third kappa shape index (κ3) is 5.84. The fourth-order valence-electron chi connectivity index (χ4n) is 3.12. The minimum absolute atomic E-state index is 0.194. The topological polar surface area (TPSA) is 89.3 Å². The number of nitrogens with two attached hydrogens (primary N) is 1. The molecule has 0 bridgehead atoms. The number of fused-ring (bicyclic) bond motifs is 1. The molecule has 3 aromatic rings. The van der Waals surface area contributed by atoms with Gasteiger partial charge in [0.1, 0.15) is 5.75 Å². The molecular formula is C21H21F3N4O2. The van der Waals surface area contributed by atoms with E-state index >= 15 is 0 Å². The number of nitrogens with zero attached hydrogens (tertiary/aromatic N) is 1. The van der Waals surface area contributed by atoms with Crippen molar-refractivity contribution >= 4 is 22.5 Å². The Morgan fingerprint density at radius 3 is 2.53 bits per heavy atom. The van der Waals surface area contributed by atoms with E-state index in [9.17, 15) is 18.0 Å². The first-order valence-electron chi connectivity index (χ1n) is 9.29. The number of alkyl halides is 3. The van der Waals surface area contributed by atoms with Crippen LogP contribution in [-0.2, 0) is 0 Å². The Balaban J connectivity index is 0.000000199. The normalized spacial score (nSPS) is 15.9. The smallest absolute Gasteiger partial charge is 0.406 e. The molecular weight excluding hydrogens is 397 g/mol. The van der Waals surface area contributed by atoms with Gasteiger partial charge in [-0.15, -0.1) is 13.2 Å². The van der Waals surface area contributed by atoms with Crippen LogP contribution >= 0.6 is 0 Å². The van der Waals surface area contributed by atoms with Crippen molar-refractivity contribution in [3.8, 4) is 5.75 Å². The van der Waals surface area contributed by atoms with Gasteiger partial charge in [0.05, 0.1) is 11.1 Å². The zero-order chi connectivity index (χ0) is 21.6. The molecule has 9 heteroatoms. The number of rotatable bonds is 4. The van der Waals surface area contributed by atoms with E-state index in [0.29, 0.717) is 17.1 Å². The number of hydrogen-bond donors (Lipinski definition) is 3. The lowest BCUT2D eigenvalue weighted by Gasteiger charge is -2.15. The molecule has 6 nitrogen and oxygen atoms in total. The van der Waals surface area contributed by atoms with E-state index in [1.165, 1.54) is 24.3 Å². The quantitative estimate of drug-likeness (QED) is 0.601. The van der Waals surface area contributed by atoms with Gasteiger partial charge in [-0.1, -0.05) is 18.2 Å². The first kappa shape index (κ1) is 21.4. The number of amides is 1. The van der Waals surface area contributed by atoms with Gasteiger partial charge in [0.15, 0.2) is 0 Å². The second kappa shape index (κ2) is 9.45. The number of nitrogens with one attached hydrogen (secondary N) is 2. The van der Waals surface area contributed by atoms with Crippen molar-refractivity contribution in [2.75, 3.05) is 18.4 Å². The minimum Gasteiger partial charge on any atom is -0.406 e. The van der Waals surface area contributed by atoms with E-state index in [2.05, 4.69) is 20.4 Å². The average molecular weight is 418 g/mol. The van der Waals surface area contributed by atoms with Crippen molar-refractivity contribution in [3.63, 3.8) is 0 Å². The first-order valence-corrected chi connectivity index (χ1v) is 9.29. The summed E-state index contributed by atoms with van der Waals surface area (Å²) in [6, 6.07) is 14.9. The SMILES string of the molecule is FC(F)(F)Oc1ccccc1.NC(=O)c1ccc(NC2CCNC2)c2cccnc12. The second-order valence-electron chi connectivity index (χ2n) is 6.62. The van der Waals surface area contributed by atoms with Gasteiger partial charge in [0.2, 0.25) is 0 Å². The summed E-state index contributed by atoms with van der Waals surface area (Å²) in [4.78, 5) is 15.7. The van der Waals surface area contributed by atoms with Gasteiger partial charge in [-0.25, -0.2) is 0 Å². The van der Waals surface area contributed by atoms with Gasteiger partial charge < -0.3 is 21.1 Å². The molecule has 1 fully saturated rings. The molecule has 1 aromatic heterocycles. The zero-order valence-corrected chi connectivity index (χ0v) is 15.9. The number of ether oxygens (including phenoxy) is 1. The summed E-state index contributed by atoms with van der Waals surface area (Å²) in [6.07, 6.45) is -1.82. The molecule has 0 aliphatic carbocycles. The number of pyridine rings is 1. The average Bonchev–Trinajstić information content (AvgIpc) is 3.21. The van der Waals surface area contributed by atoms with Crippen LogP contribution in [0.5, 0.6) is 5.75 Å². The number of aromatic nitrogens is 1. The number of anilines is 1. The maximum atomic E-state index is 11.5. The standard InChI is InChI=1S/C14H16N4O.C7H5F3O/c15-14(19)11-3-4-12(18-9-5-7-16-8-9)10-2-1-6-17-13(10)11;8-7(9,10)11-6-4-2-1-3-5-6/h1-4,6,9,16,18H,5,7-8H2,(H2,15,19);1-5H. The number of hydrogen-bond acceptors (Lipinski definition) is 5. The number of primary amides is 1. The fraction of sp³-hybridized carbons (Fsp3) is 0.238. The first-order chi connectivity index (χ1) is 14.3. The van der Waals surface area contributed by atoms with Crippen molar-refractivity contribution in [3.05, 3.63) is 66.4 Å². The van der Waals surface area contributed by atoms with Gasteiger partial charge >= 0.3 is 6.36 Å². The van der Waals surface area contributed by atoms with Gasteiger partial charge in [0.25, 0.3) is 5.91 Å². The molecule has 1 unspecified atom stereocenters. The molecule has 2 aromatic carbocycles. The molecule has 0 spiro atoms. The molecule has 4 N–H and O–H groups in total. The number of para-hydroxylation sites is 1. The third-order valence-electron chi connectivity index (χ3n) is 4.43. The highest BCUT2D eigenvalue weighted by Crippen LogP contribution is 2.26. The molecule has 4 rings (SSSR count). The number of carbonyl (C=O) groups is 1. The van der Waals surface area contributed by atoms with Gasteiger partial charge in [-0.3, -0.25) is 9.78 Å². The van der Waals surface area contributed by atoms with Crippen LogP contribution in [0.25, 0.3) is 10.9 Å². The van der Waals surface area contributed by atoms with Crippen LogP contribution in [0, 0.1) is 0 Å². The Morgan fingerprint density at radius 1 is 1.13 bits per heavy atom. The molecule has 158 valence electrons. The van der Waals surface area contributed by atoms with Crippen molar-refractivity contribution < 1.29 is 22.7 Å². The monoisotopic (exact) mass is 418 g/mol. The maximum Gasteiger partial charge on any atom is 0.573 e. The van der Waals surface area contributed by atoms with Crippen LogP contribution in [0.3, 0.4) is 0 Å². The Kier molecular flexibility index (Phi) is 6.73. The summed E-state index contributed by atoms with van der Waals surface area (Å²) in [5, 5.41) is 7.75. The summed E-state index contributed by atoms with van der Waals surface area (Å²) < 4.78 is 38.2. The van der Waals surface area contributed by atoms with E-state index in [1.807, 2.05) is 18.2 Å². The molecule has 2 heterocycles. The predicted octanol–water partition coefficient (Wildman–Crippen LogP) is 3.69. The molecule has 1 atom stereocenters. The van der Waals surface area contributed by atoms with Crippen molar-refractivity contribution in [1.29, 1.82) is 0 Å². The van der Waals surface area contributed by atoms with Gasteiger partial charge in [-0.2, -0.15) is 0 Å². The molecule has 1 aliphatic heterocycles. The summed E-state index contributed by atoms with van der Waals surface area (Å²) in [5.41, 5.74) is 7.51. The Bertz CT molecular complexity index is 990. The summed E-state index contributed by atoms with van der Waals surface area (Å²) in [7, 11) is 0. The van der Waals surface area contributed by atoms with Crippen LogP contribution in [0.1, 0.15) is 16.8 Å². The van der Waals surface area contributed by atoms with Crippen molar-refractivity contribution in [1.82, 2.24) is 10.3 Å². The minimum atomic E-state index is -4.60. The lowest BCUT2D eigenvalue weighted by molar-refractivity contribution is -0.274. The number of halogens is 3. The largest absolute Gasteiger partial charge is 0.573 e. The molecule has 0 saturated carbocycles. The highest BCUT2D eigenvalue weighted by Gasteiger charge is 2.30. The lowest BCUT2D eigenvalue weighted by Crippen LogP contribution is -2.22. The van der Waals surface area contributed by atoms with Gasteiger partial charge in [0, 0.05) is 29.9 Å².